The predicted octanol–water partition coefficient (Wildman–Crippen LogP) is 3.27. The van der Waals surface area contributed by atoms with E-state index in [1.54, 1.807) is 37.5 Å². The molecule has 1 aliphatic rings. The van der Waals surface area contributed by atoms with Crippen LogP contribution in [0.5, 0.6) is 0 Å². The lowest BCUT2D eigenvalue weighted by molar-refractivity contribution is 0.0527. The van der Waals surface area contributed by atoms with E-state index in [-0.39, 0.29) is 12.5 Å². The number of aromatic nitrogens is 2. The van der Waals surface area contributed by atoms with E-state index in [2.05, 4.69) is 15.6 Å². The molecule has 1 fully saturated rings. The van der Waals surface area contributed by atoms with Crippen molar-refractivity contribution in [2.75, 3.05) is 31.6 Å². The van der Waals surface area contributed by atoms with Crippen LogP contribution in [0.4, 0.5) is 10.5 Å². The lowest BCUT2D eigenvalue weighted by atomic mass is 10.1. The molecule has 0 radical (unpaired) electrons. The number of rotatable bonds is 7. The third kappa shape index (κ3) is 5.14. The number of nitrogens with one attached hydrogen (secondary N) is 2. The first-order valence-electron chi connectivity index (χ1n) is 11.1. The topological polar surface area (TPSA) is 106 Å². The monoisotopic (exact) mass is 449 g/mol. The van der Waals surface area contributed by atoms with Gasteiger partial charge in [0, 0.05) is 31.7 Å². The number of fused-ring (bicyclic) bond motifs is 1. The van der Waals surface area contributed by atoms with Crippen molar-refractivity contribution in [2.45, 2.75) is 26.3 Å². The summed E-state index contributed by atoms with van der Waals surface area (Å²) in [5.74, 6) is -0.439. The molecule has 0 atom stereocenters. The smallest absolute Gasteiger partial charge is 0.340 e. The minimum atomic E-state index is -0.485. The fraction of sp³-hybridized carbons (Fsp3) is 0.333. The summed E-state index contributed by atoms with van der Waals surface area (Å²) in [6.07, 6.45) is 3.81. The van der Waals surface area contributed by atoms with E-state index in [1.807, 2.05) is 27.7 Å². The van der Waals surface area contributed by atoms with Crippen LogP contribution in [-0.4, -0.2) is 58.6 Å². The fourth-order valence-corrected chi connectivity index (χ4v) is 3.91. The minimum Gasteiger partial charge on any atom is -0.462 e. The van der Waals surface area contributed by atoms with Crippen LogP contribution in [0.1, 0.15) is 40.5 Å². The average Bonchev–Trinajstić information content (AvgIpc) is 3.49. The van der Waals surface area contributed by atoms with E-state index >= 15 is 0 Å². The Hall–Kier alpha value is -3.88. The SMILES string of the molecule is CCOC(=O)c1ccccc1NC(=O)NCCn1cnc2cc(C(=O)N3CCCC3)ccc21. The molecular formula is C24H27N5O4. The molecule has 3 amide bonds. The lowest BCUT2D eigenvalue weighted by Gasteiger charge is -2.15. The van der Waals surface area contributed by atoms with Gasteiger partial charge >= 0.3 is 12.0 Å². The maximum atomic E-state index is 12.6. The van der Waals surface area contributed by atoms with Crippen LogP contribution in [0, 0.1) is 0 Å². The summed E-state index contributed by atoms with van der Waals surface area (Å²) in [6.45, 7) is 4.46. The van der Waals surface area contributed by atoms with E-state index < -0.39 is 12.0 Å². The van der Waals surface area contributed by atoms with Gasteiger partial charge in [-0.1, -0.05) is 12.1 Å². The normalized spacial score (nSPS) is 13.2. The highest BCUT2D eigenvalue weighted by Gasteiger charge is 2.20. The van der Waals surface area contributed by atoms with Crippen LogP contribution < -0.4 is 10.6 Å². The largest absolute Gasteiger partial charge is 0.462 e. The number of urea groups is 1. The van der Waals surface area contributed by atoms with Crippen molar-refractivity contribution in [2.24, 2.45) is 0 Å². The first kappa shape index (κ1) is 22.3. The number of imidazole rings is 1. The number of carbonyl (C=O) groups is 3. The van der Waals surface area contributed by atoms with Crippen LogP contribution in [0.15, 0.2) is 48.8 Å². The Morgan fingerprint density at radius 2 is 1.88 bits per heavy atom. The summed E-state index contributed by atoms with van der Waals surface area (Å²) in [7, 11) is 0. The van der Waals surface area contributed by atoms with Crippen LogP contribution >= 0.6 is 0 Å². The Labute approximate surface area is 191 Å². The van der Waals surface area contributed by atoms with Crippen molar-refractivity contribution in [3.63, 3.8) is 0 Å². The summed E-state index contributed by atoms with van der Waals surface area (Å²) in [6, 6.07) is 11.8. The van der Waals surface area contributed by atoms with Crippen LogP contribution in [-0.2, 0) is 11.3 Å². The number of hydrogen-bond donors (Lipinski definition) is 2. The highest BCUT2D eigenvalue weighted by molar-refractivity contribution is 6.01. The van der Waals surface area contributed by atoms with Crippen molar-refractivity contribution in [3.8, 4) is 0 Å². The quantitative estimate of drug-likeness (QED) is 0.539. The number of ether oxygens (including phenoxy) is 1. The summed E-state index contributed by atoms with van der Waals surface area (Å²) in [5.41, 5.74) is 2.97. The fourth-order valence-electron chi connectivity index (χ4n) is 3.91. The Kier molecular flexibility index (Phi) is 6.87. The van der Waals surface area contributed by atoms with Crippen molar-refractivity contribution in [1.82, 2.24) is 19.8 Å². The molecule has 0 aliphatic carbocycles. The summed E-state index contributed by atoms with van der Waals surface area (Å²) in [4.78, 5) is 43.3. The Morgan fingerprint density at radius 3 is 2.67 bits per heavy atom. The number of hydrogen-bond acceptors (Lipinski definition) is 5. The van der Waals surface area contributed by atoms with Gasteiger partial charge in [-0.15, -0.1) is 0 Å². The van der Waals surface area contributed by atoms with E-state index in [0.29, 0.717) is 29.9 Å². The molecule has 1 aliphatic heterocycles. The van der Waals surface area contributed by atoms with Crippen LogP contribution in [0.2, 0.25) is 0 Å². The summed E-state index contributed by atoms with van der Waals surface area (Å²) >= 11 is 0. The Bertz CT molecular complexity index is 1170. The number of benzene rings is 2. The standard InChI is InChI=1S/C24H27N5O4/c1-2-33-23(31)18-7-3-4-8-19(18)27-24(32)25-11-14-29-16-26-20-15-17(9-10-21(20)29)22(30)28-12-5-6-13-28/h3-4,7-10,15-16H,2,5-6,11-14H2,1H3,(H2,25,27,32). The van der Waals surface area contributed by atoms with Gasteiger partial charge in [0.1, 0.15) is 0 Å². The molecule has 3 aromatic rings. The number of nitrogens with zero attached hydrogens (tertiary/aromatic N) is 3. The van der Waals surface area contributed by atoms with Gasteiger partial charge in [-0.3, -0.25) is 4.79 Å². The van der Waals surface area contributed by atoms with Gasteiger partial charge in [0.05, 0.1) is 35.2 Å². The van der Waals surface area contributed by atoms with Crippen molar-refractivity contribution < 1.29 is 19.1 Å². The molecule has 0 saturated carbocycles. The maximum Gasteiger partial charge on any atom is 0.340 e. The number of para-hydroxylation sites is 1. The molecule has 1 aromatic heterocycles. The highest BCUT2D eigenvalue weighted by atomic mass is 16.5. The minimum absolute atomic E-state index is 0.0467. The molecule has 2 N–H and O–H groups in total. The number of carbonyl (C=O) groups excluding carboxylic acids is 3. The third-order valence-corrected chi connectivity index (χ3v) is 5.57. The second-order valence-electron chi connectivity index (χ2n) is 7.79. The van der Waals surface area contributed by atoms with Crippen molar-refractivity contribution in [1.29, 1.82) is 0 Å². The summed E-state index contributed by atoms with van der Waals surface area (Å²) < 4.78 is 6.95. The van der Waals surface area contributed by atoms with E-state index in [9.17, 15) is 14.4 Å². The number of likely N-dealkylation sites (tertiary alicyclic amines) is 1. The zero-order valence-electron chi connectivity index (χ0n) is 18.5. The van der Waals surface area contributed by atoms with Gasteiger partial charge in [-0.05, 0) is 50.1 Å². The van der Waals surface area contributed by atoms with Gasteiger partial charge < -0.3 is 24.8 Å². The molecule has 0 unspecified atom stereocenters. The number of amides is 3. The molecule has 9 nitrogen and oxygen atoms in total. The molecular weight excluding hydrogens is 422 g/mol. The van der Waals surface area contributed by atoms with Gasteiger partial charge in [-0.25, -0.2) is 14.6 Å². The second kappa shape index (κ2) is 10.2. The van der Waals surface area contributed by atoms with E-state index in [4.69, 9.17) is 4.74 Å². The molecule has 0 spiro atoms. The third-order valence-electron chi connectivity index (χ3n) is 5.57. The zero-order chi connectivity index (χ0) is 23.2. The number of anilines is 1. The molecule has 2 heterocycles. The molecule has 33 heavy (non-hydrogen) atoms. The molecule has 2 aromatic carbocycles. The van der Waals surface area contributed by atoms with Crippen LogP contribution in [0.3, 0.4) is 0 Å². The molecule has 172 valence electrons. The zero-order valence-corrected chi connectivity index (χ0v) is 18.5. The first-order chi connectivity index (χ1) is 16.1. The summed E-state index contributed by atoms with van der Waals surface area (Å²) in [5, 5.41) is 5.48. The second-order valence-corrected chi connectivity index (χ2v) is 7.79. The van der Waals surface area contributed by atoms with E-state index in [0.717, 1.165) is 37.0 Å². The van der Waals surface area contributed by atoms with Gasteiger partial charge in [0.2, 0.25) is 0 Å². The predicted molar refractivity (Wildman–Crippen MR) is 124 cm³/mol. The highest BCUT2D eigenvalue weighted by Crippen LogP contribution is 2.19. The Balaban J connectivity index is 1.34. The van der Waals surface area contributed by atoms with Crippen molar-refractivity contribution >= 4 is 34.6 Å². The van der Waals surface area contributed by atoms with Gasteiger partial charge in [-0.2, -0.15) is 0 Å². The maximum absolute atomic E-state index is 12.6. The first-order valence-corrected chi connectivity index (χ1v) is 11.1. The number of esters is 1. The van der Waals surface area contributed by atoms with Crippen LogP contribution in [0.25, 0.3) is 11.0 Å². The van der Waals surface area contributed by atoms with E-state index in [1.165, 1.54) is 0 Å². The average molecular weight is 450 g/mol. The van der Waals surface area contributed by atoms with Gasteiger partial charge in [0.15, 0.2) is 0 Å². The van der Waals surface area contributed by atoms with Gasteiger partial charge in [0.25, 0.3) is 5.91 Å². The lowest BCUT2D eigenvalue weighted by Crippen LogP contribution is -2.32. The molecule has 9 heteroatoms. The Morgan fingerprint density at radius 1 is 1.09 bits per heavy atom. The molecule has 1 saturated heterocycles. The molecule has 0 bridgehead atoms. The van der Waals surface area contributed by atoms with Crippen molar-refractivity contribution in [3.05, 3.63) is 59.9 Å². The molecule has 4 rings (SSSR count).